The molecular formula is C23H14Cl3NO4. The van der Waals surface area contributed by atoms with Crippen LogP contribution in [0.4, 0.5) is 5.69 Å². The van der Waals surface area contributed by atoms with Crippen LogP contribution in [-0.2, 0) is 4.79 Å². The molecule has 0 atom stereocenters. The van der Waals surface area contributed by atoms with Gasteiger partial charge in [0, 0.05) is 21.7 Å². The third-order valence-corrected chi connectivity index (χ3v) is 5.28. The quantitative estimate of drug-likeness (QED) is 0.338. The van der Waals surface area contributed by atoms with Gasteiger partial charge in [0.15, 0.2) is 6.61 Å². The maximum absolute atomic E-state index is 12.4. The van der Waals surface area contributed by atoms with Gasteiger partial charge in [-0.3, -0.25) is 4.79 Å². The summed E-state index contributed by atoms with van der Waals surface area (Å²) in [4.78, 5) is 24.6. The van der Waals surface area contributed by atoms with Crippen LogP contribution in [0.5, 0.6) is 5.75 Å². The normalized spacial score (nSPS) is 10.8. The molecule has 1 aromatic heterocycles. The van der Waals surface area contributed by atoms with Crippen molar-refractivity contribution >= 4 is 57.4 Å². The number of para-hydroxylation sites is 1. The molecule has 0 aliphatic carbocycles. The number of amides is 1. The molecule has 31 heavy (non-hydrogen) atoms. The van der Waals surface area contributed by atoms with E-state index >= 15 is 0 Å². The van der Waals surface area contributed by atoms with Crippen LogP contribution in [0, 0.1) is 0 Å². The lowest BCUT2D eigenvalue weighted by molar-refractivity contribution is -0.118. The molecule has 0 spiro atoms. The summed E-state index contributed by atoms with van der Waals surface area (Å²) in [5, 5.41) is 4.54. The number of halogens is 3. The van der Waals surface area contributed by atoms with E-state index in [1.807, 2.05) is 12.1 Å². The van der Waals surface area contributed by atoms with Crippen molar-refractivity contribution in [2.75, 3.05) is 11.9 Å². The lowest BCUT2D eigenvalue weighted by atomic mass is 10.1. The van der Waals surface area contributed by atoms with Gasteiger partial charge >= 0.3 is 5.63 Å². The maximum atomic E-state index is 12.4. The highest BCUT2D eigenvalue weighted by Gasteiger charge is 2.13. The first kappa shape index (κ1) is 21.2. The maximum Gasteiger partial charge on any atom is 0.344 e. The van der Waals surface area contributed by atoms with Crippen molar-refractivity contribution in [2.24, 2.45) is 0 Å². The third kappa shape index (κ3) is 4.85. The topological polar surface area (TPSA) is 68.5 Å². The number of anilines is 1. The Morgan fingerprint density at radius 2 is 1.71 bits per heavy atom. The number of carbonyl (C=O) groups excluding carboxylic acids is 1. The van der Waals surface area contributed by atoms with Crippen LogP contribution in [0.25, 0.3) is 22.1 Å². The predicted octanol–water partition coefficient (Wildman–Crippen LogP) is 6.44. The smallest absolute Gasteiger partial charge is 0.344 e. The minimum absolute atomic E-state index is 0.255. The third-order valence-electron chi connectivity index (χ3n) is 4.44. The van der Waals surface area contributed by atoms with Crippen molar-refractivity contribution in [2.45, 2.75) is 0 Å². The molecule has 0 aliphatic rings. The fourth-order valence-corrected chi connectivity index (χ4v) is 3.74. The molecule has 1 heterocycles. The van der Waals surface area contributed by atoms with Gasteiger partial charge in [-0.1, -0.05) is 59.1 Å². The van der Waals surface area contributed by atoms with Gasteiger partial charge in [-0.15, -0.1) is 0 Å². The minimum atomic E-state index is -0.495. The number of rotatable bonds is 5. The highest BCUT2D eigenvalue weighted by Crippen LogP contribution is 2.30. The highest BCUT2D eigenvalue weighted by atomic mass is 35.5. The summed E-state index contributed by atoms with van der Waals surface area (Å²) in [6, 6.07) is 18.5. The summed E-state index contributed by atoms with van der Waals surface area (Å²) < 4.78 is 10.8. The van der Waals surface area contributed by atoms with Crippen LogP contribution in [0.15, 0.2) is 75.9 Å². The summed E-state index contributed by atoms with van der Waals surface area (Å²) in [5.74, 6) is -0.0577. The van der Waals surface area contributed by atoms with E-state index in [1.54, 1.807) is 48.5 Å². The van der Waals surface area contributed by atoms with E-state index in [0.29, 0.717) is 43.2 Å². The van der Waals surface area contributed by atoms with Crippen molar-refractivity contribution in [3.63, 3.8) is 0 Å². The number of fused-ring (bicyclic) bond motifs is 1. The second-order valence-electron chi connectivity index (χ2n) is 6.59. The lowest BCUT2D eigenvalue weighted by Crippen LogP contribution is -2.20. The molecule has 3 aromatic carbocycles. The van der Waals surface area contributed by atoms with Crippen LogP contribution in [0.2, 0.25) is 15.1 Å². The Kier molecular flexibility index (Phi) is 6.18. The monoisotopic (exact) mass is 473 g/mol. The summed E-state index contributed by atoms with van der Waals surface area (Å²) in [5.41, 5.74) is 1.29. The fraction of sp³-hybridized carbons (Fsp3) is 0.0435. The molecule has 4 aromatic rings. The minimum Gasteiger partial charge on any atom is -0.482 e. The molecule has 0 bridgehead atoms. The molecule has 0 saturated carbocycles. The van der Waals surface area contributed by atoms with E-state index in [0.717, 1.165) is 5.39 Å². The molecule has 0 saturated heterocycles. The Bertz CT molecular complexity index is 1350. The SMILES string of the molecule is O=C(COc1ccc(Cl)cc1Cl)Nc1ccc(-c2cc3ccccc3oc2=O)c(Cl)c1. The molecule has 1 amide bonds. The largest absolute Gasteiger partial charge is 0.482 e. The number of nitrogens with one attached hydrogen (secondary N) is 1. The Morgan fingerprint density at radius 1 is 0.903 bits per heavy atom. The first-order chi connectivity index (χ1) is 14.9. The number of ether oxygens (including phenoxy) is 1. The van der Waals surface area contributed by atoms with E-state index < -0.39 is 11.5 Å². The zero-order valence-corrected chi connectivity index (χ0v) is 18.1. The van der Waals surface area contributed by atoms with Crippen molar-refractivity contribution in [3.8, 4) is 16.9 Å². The molecule has 156 valence electrons. The van der Waals surface area contributed by atoms with Crippen LogP contribution < -0.4 is 15.7 Å². The number of hydrogen-bond donors (Lipinski definition) is 1. The van der Waals surface area contributed by atoms with Crippen molar-refractivity contribution in [3.05, 3.63) is 92.2 Å². The molecule has 4 rings (SSSR count). The van der Waals surface area contributed by atoms with Gasteiger partial charge < -0.3 is 14.5 Å². The summed E-state index contributed by atoms with van der Waals surface area (Å²) in [6.45, 7) is -0.255. The van der Waals surface area contributed by atoms with Crippen molar-refractivity contribution in [1.82, 2.24) is 0 Å². The summed E-state index contributed by atoms with van der Waals surface area (Å²) >= 11 is 18.3. The molecule has 5 nitrogen and oxygen atoms in total. The van der Waals surface area contributed by atoms with Crippen molar-refractivity contribution in [1.29, 1.82) is 0 Å². The number of carbonyl (C=O) groups is 1. The lowest BCUT2D eigenvalue weighted by Gasteiger charge is -2.11. The molecule has 1 N–H and O–H groups in total. The van der Waals surface area contributed by atoms with E-state index in [4.69, 9.17) is 44.0 Å². The van der Waals surface area contributed by atoms with Crippen molar-refractivity contribution < 1.29 is 13.9 Å². The van der Waals surface area contributed by atoms with E-state index in [1.165, 1.54) is 6.07 Å². The average Bonchev–Trinajstić information content (AvgIpc) is 2.73. The van der Waals surface area contributed by atoms with E-state index in [-0.39, 0.29) is 6.61 Å². The van der Waals surface area contributed by atoms with Crippen LogP contribution >= 0.6 is 34.8 Å². The molecule has 0 radical (unpaired) electrons. The van der Waals surface area contributed by atoms with Gasteiger partial charge in [0.2, 0.25) is 0 Å². The van der Waals surface area contributed by atoms with E-state index in [2.05, 4.69) is 5.32 Å². The van der Waals surface area contributed by atoms with Gasteiger partial charge in [-0.2, -0.15) is 0 Å². The zero-order chi connectivity index (χ0) is 22.0. The summed E-state index contributed by atoms with van der Waals surface area (Å²) in [6.07, 6.45) is 0. The highest BCUT2D eigenvalue weighted by molar-refractivity contribution is 6.35. The van der Waals surface area contributed by atoms with Gasteiger partial charge in [0.1, 0.15) is 11.3 Å². The molecule has 0 unspecified atom stereocenters. The van der Waals surface area contributed by atoms with Gasteiger partial charge in [0.25, 0.3) is 5.91 Å². The van der Waals surface area contributed by atoms with Gasteiger partial charge in [0.05, 0.1) is 15.6 Å². The fourth-order valence-electron chi connectivity index (χ4n) is 2.99. The first-order valence-electron chi connectivity index (χ1n) is 9.11. The van der Waals surface area contributed by atoms with Crippen LogP contribution in [0.3, 0.4) is 0 Å². The Hall–Kier alpha value is -2.99. The second kappa shape index (κ2) is 9.02. The molecule has 0 fully saturated rings. The van der Waals surface area contributed by atoms with Crippen LogP contribution in [-0.4, -0.2) is 12.5 Å². The van der Waals surface area contributed by atoms with Gasteiger partial charge in [-0.05, 0) is 42.5 Å². The average molecular weight is 475 g/mol. The molecule has 8 heteroatoms. The van der Waals surface area contributed by atoms with E-state index in [9.17, 15) is 9.59 Å². The van der Waals surface area contributed by atoms with Crippen LogP contribution in [0.1, 0.15) is 0 Å². The van der Waals surface area contributed by atoms with Gasteiger partial charge in [-0.25, -0.2) is 4.79 Å². The number of hydrogen-bond acceptors (Lipinski definition) is 4. The zero-order valence-electron chi connectivity index (χ0n) is 15.8. The molecule has 0 aliphatic heterocycles. The Labute approximate surface area is 192 Å². The predicted molar refractivity (Wildman–Crippen MR) is 124 cm³/mol. The summed E-state index contributed by atoms with van der Waals surface area (Å²) in [7, 11) is 0. The Balaban J connectivity index is 1.49. The standard InChI is InChI=1S/C23H14Cl3NO4/c24-14-5-8-21(19(26)10-14)30-12-22(28)27-15-6-7-16(18(25)11-15)17-9-13-3-1-2-4-20(13)31-23(17)29/h1-11H,12H2,(H,27,28). The second-order valence-corrected chi connectivity index (χ2v) is 7.84. The number of benzene rings is 3. The molecular weight excluding hydrogens is 461 g/mol. The Morgan fingerprint density at radius 3 is 2.48 bits per heavy atom. The first-order valence-corrected chi connectivity index (χ1v) is 10.2.